The van der Waals surface area contributed by atoms with E-state index in [0.717, 1.165) is 0 Å². The number of aryl methyl sites for hydroxylation is 2. The molecule has 3 heteroatoms. The molecule has 0 bridgehead atoms. The van der Waals surface area contributed by atoms with Crippen molar-refractivity contribution in [1.82, 2.24) is 4.57 Å². The van der Waals surface area contributed by atoms with Gasteiger partial charge in [-0.1, -0.05) is 12.1 Å². The van der Waals surface area contributed by atoms with Gasteiger partial charge in [-0.05, 0) is 44.0 Å². The van der Waals surface area contributed by atoms with Crippen LogP contribution < -0.4 is 5.32 Å². The number of rotatable bonds is 3. The second-order valence-electron chi connectivity index (χ2n) is 4.75. The van der Waals surface area contributed by atoms with Crippen molar-refractivity contribution in [1.29, 1.82) is 0 Å². The highest BCUT2D eigenvalue weighted by Crippen LogP contribution is 2.19. The molecule has 1 aromatic heterocycles. The Bertz CT molecular complexity index is 570. The number of nitrogens with one attached hydrogen (secondary N) is 1. The molecule has 0 aliphatic heterocycles. The van der Waals surface area contributed by atoms with Gasteiger partial charge in [0.15, 0.2) is 0 Å². The molecule has 2 aromatic rings. The molecule has 1 aromatic carbocycles. The van der Waals surface area contributed by atoms with Crippen LogP contribution in [0.25, 0.3) is 0 Å². The predicted molar refractivity (Wildman–Crippen MR) is 73.4 cm³/mol. The number of halogens is 1. The molecule has 1 heterocycles. The van der Waals surface area contributed by atoms with Crippen molar-refractivity contribution >= 4 is 5.69 Å². The van der Waals surface area contributed by atoms with E-state index in [0.29, 0.717) is 17.8 Å². The molecule has 0 aliphatic carbocycles. The molecule has 2 nitrogen and oxygen atoms in total. The predicted octanol–water partition coefficient (Wildman–Crippen LogP) is 3.70. The van der Waals surface area contributed by atoms with Crippen molar-refractivity contribution in [3.05, 3.63) is 52.6 Å². The molecule has 0 saturated carbocycles. The molecule has 0 radical (unpaired) electrons. The Morgan fingerprint density at radius 2 is 1.94 bits per heavy atom. The van der Waals surface area contributed by atoms with Gasteiger partial charge in [-0.25, -0.2) is 4.39 Å². The lowest BCUT2D eigenvalue weighted by Gasteiger charge is -2.09. The Morgan fingerprint density at radius 1 is 1.22 bits per heavy atom. The molecule has 0 atom stereocenters. The van der Waals surface area contributed by atoms with Gasteiger partial charge in [-0.3, -0.25) is 0 Å². The highest BCUT2D eigenvalue weighted by molar-refractivity contribution is 5.48. The second kappa shape index (κ2) is 4.84. The molecule has 1 N–H and O–H groups in total. The van der Waals surface area contributed by atoms with E-state index in [1.54, 1.807) is 19.1 Å². The standard InChI is InChI=1S/C15H19FN2/c1-10-6-5-7-14(15(10)16)17-9-13-8-11(2)18(4)12(13)3/h5-8,17H,9H2,1-4H3. The fourth-order valence-electron chi connectivity index (χ4n) is 2.09. The number of anilines is 1. The summed E-state index contributed by atoms with van der Waals surface area (Å²) in [6, 6.07) is 7.55. The van der Waals surface area contributed by atoms with Crippen molar-refractivity contribution in [2.45, 2.75) is 27.3 Å². The zero-order valence-corrected chi connectivity index (χ0v) is 11.3. The van der Waals surface area contributed by atoms with Crippen LogP contribution in [0.15, 0.2) is 24.3 Å². The maximum atomic E-state index is 13.8. The van der Waals surface area contributed by atoms with Gasteiger partial charge in [0.05, 0.1) is 5.69 Å². The summed E-state index contributed by atoms with van der Waals surface area (Å²) in [6.07, 6.45) is 0. The summed E-state index contributed by atoms with van der Waals surface area (Å²) in [5, 5.41) is 3.16. The molecule has 0 aliphatic rings. The molecule has 0 saturated heterocycles. The van der Waals surface area contributed by atoms with Crippen LogP contribution in [0.4, 0.5) is 10.1 Å². The summed E-state index contributed by atoms with van der Waals surface area (Å²) in [6.45, 7) is 6.58. The Kier molecular flexibility index (Phi) is 3.41. The summed E-state index contributed by atoms with van der Waals surface area (Å²) in [5.74, 6) is -0.164. The van der Waals surface area contributed by atoms with Gasteiger partial charge in [0, 0.05) is 25.0 Å². The SMILES string of the molecule is Cc1cccc(NCc2cc(C)n(C)c2C)c1F. The van der Waals surface area contributed by atoms with Crippen molar-refractivity contribution in [2.75, 3.05) is 5.32 Å². The first-order valence-electron chi connectivity index (χ1n) is 6.11. The third-order valence-corrected chi connectivity index (χ3v) is 3.54. The van der Waals surface area contributed by atoms with Gasteiger partial charge >= 0.3 is 0 Å². The molecule has 2 rings (SSSR count). The summed E-state index contributed by atoms with van der Waals surface area (Å²) >= 11 is 0. The van der Waals surface area contributed by atoms with Crippen molar-refractivity contribution in [3.8, 4) is 0 Å². The minimum absolute atomic E-state index is 0.164. The van der Waals surface area contributed by atoms with Crippen molar-refractivity contribution in [3.63, 3.8) is 0 Å². The molecule has 0 unspecified atom stereocenters. The molecular weight excluding hydrogens is 227 g/mol. The Morgan fingerprint density at radius 3 is 2.56 bits per heavy atom. The first-order chi connectivity index (χ1) is 8.50. The lowest BCUT2D eigenvalue weighted by molar-refractivity contribution is 0.621. The second-order valence-corrected chi connectivity index (χ2v) is 4.75. The van der Waals surface area contributed by atoms with Gasteiger partial charge in [-0.2, -0.15) is 0 Å². The van der Waals surface area contributed by atoms with E-state index >= 15 is 0 Å². The number of hydrogen-bond donors (Lipinski definition) is 1. The third kappa shape index (κ3) is 2.26. The fraction of sp³-hybridized carbons (Fsp3) is 0.333. The van der Waals surface area contributed by atoms with Gasteiger partial charge in [0.1, 0.15) is 5.82 Å². The van der Waals surface area contributed by atoms with E-state index in [1.807, 2.05) is 13.1 Å². The van der Waals surface area contributed by atoms with Gasteiger partial charge in [0.25, 0.3) is 0 Å². The van der Waals surface area contributed by atoms with Crippen molar-refractivity contribution in [2.24, 2.45) is 7.05 Å². The minimum atomic E-state index is -0.164. The average Bonchev–Trinajstić information content (AvgIpc) is 2.59. The monoisotopic (exact) mass is 246 g/mol. The van der Waals surface area contributed by atoms with Crippen LogP contribution in [0.2, 0.25) is 0 Å². The Hall–Kier alpha value is -1.77. The topological polar surface area (TPSA) is 17.0 Å². The Balaban J connectivity index is 2.16. The zero-order chi connectivity index (χ0) is 13.3. The lowest BCUT2D eigenvalue weighted by atomic mass is 10.2. The minimum Gasteiger partial charge on any atom is -0.379 e. The van der Waals surface area contributed by atoms with Crippen LogP contribution in [0.5, 0.6) is 0 Å². The first kappa shape index (κ1) is 12.7. The van der Waals surface area contributed by atoms with Crippen LogP contribution in [-0.4, -0.2) is 4.57 Å². The maximum absolute atomic E-state index is 13.8. The highest BCUT2D eigenvalue weighted by atomic mass is 19.1. The third-order valence-electron chi connectivity index (χ3n) is 3.54. The molecule has 0 fully saturated rings. The largest absolute Gasteiger partial charge is 0.379 e. The van der Waals surface area contributed by atoms with Crippen LogP contribution in [0.1, 0.15) is 22.5 Å². The van der Waals surface area contributed by atoms with Crippen LogP contribution in [0.3, 0.4) is 0 Å². The molecule has 0 spiro atoms. The average molecular weight is 246 g/mol. The molecule has 0 amide bonds. The van der Waals surface area contributed by atoms with Crippen LogP contribution in [0, 0.1) is 26.6 Å². The van der Waals surface area contributed by atoms with E-state index in [-0.39, 0.29) is 5.82 Å². The van der Waals surface area contributed by atoms with Gasteiger partial charge in [0.2, 0.25) is 0 Å². The quantitative estimate of drug-likeness (QED) is 0.873. The summed E-state index contributed by atoms with van der Waals surface area (Å²) in [5.41, 5.74) is 4.87. The first-order valence-corrected chi connectivity index (χ1v) is 6.11. The normalized spacial score (nSPS) is 10.7. The number of nitrogens with zero attached hydrogens (tertiary/aromatic N) is 1. The van der Waals surface area contributed by atoms with E-state index in [4.69, 9.17) is 0 Å². The van der Waals surface area contributed by atoms with Gasteiger partial charge in [-0.15, -0.1) is 0 Å². The summed E-state index contributed by atoms with van der Waals surface area (Å²) < 4.78 is 16.0. The maximum Gasteiger partial charge on any atom is 0.149 e. The highest BCUT2D eigenvalue weighted by Gasteiger charge is 2.08. The van der Waals surface area contributed by atoms with Crippen LogP contribution >= 0.6 is 0 Å². The summed E-state index contributed by atoms with van der Waals surface area (Å²) in [7, 11) is 2.04. The van der Waals surface area contributed by atoms with Crippen molar-refractivity contribution < 1.29 is 4.39 Å². The smallest absolute Gasteiger partial charge is 0.149 e. The zero-order valence-electron chi connectivity index (χ0n) is 11.3. The van der Waals surface area contributed by atoms with E-state index in [9.17, 15) is 4.39 Å². The van der Waals surface area contributed by atoms with E-state index < -0.39 is 0 Å². The molecular formula is C15H19FN2. The number of hydrogen-bond acceptors (Lipinski definition) is 1. The number of aromatic nitrogens is 1. The number of benzene rings is 1. The van der Waals surface area contributed by atoms with Gasteiger partial charge < -0.3 is 9.88 Å². The Labute approximate surface area is 107 Å². The molecule has 96 valence electrons. The molecule has 18 heavy (non-hydrogen) atoms. The van der Waals surface area contributed by atoms with E-state index in [2.05, 4.69) is 29.8 Å². The summed E-state index contributed by atoms with van der Waals surface area (Å²) in [4.78, 5) is 0. The van der Waals surface area contributed by atoms with E-state index in [1.165, 1.54) is 17.0 Å². The van der Waals surface area contributed by atoms with Crippen LogP contribution in [-0.2, 0) is 13.6 Å². The lowest BCUT2D eigenvalue weighted by Crippen LogP contribution is -2.03. The fourth-order valence-corrected chi connectivity index (χ4v) is 2.09.